The van der Waals surface area contributed by atoms with Crippen LogP contribution >= 0.6 is 15.9 Å². The van der Waals surface area contributed by atoms with Gasteiger partial charge in [0.05, 0.1) is 5.56 Å². The van der Waals surface area contributed by atoms with E-state index in [0.29, 0.717) is 16.1 Å². The molecule has 1 fully saturated rings. The van der Waals surface area contributed by atoms with Gasteiger partial charge in [0, 0.05) is 12.7 Å². The van der Waals surface area contributed by atoms with Crippen LogP contribution in [0.4, 0.5) is 0 Å². The van der Waals surface area contributed by atoms with Crippen LogP contribution in [0, 0.1) is 11.8 Å². The summed E-state index contributed by atoms with van der Waals surface area (Å²) >= 11 is 3.27. The Bertz CT molecular complexity index is 390. The van der Waals surface area contributed by atoms with E-state index in [1.54, 1.807) is 18.3 Å². The molecule has 16 heavy (non-hydrogen) atoms. The minimum Gasteiger partial charge on any atom is -0.352 e. The lowest BCUT2D eigenvalue weighted by Gasteiger charge is -2.11. The van der Waals surface area contributed by atoms with Crippen LogP contribution in [0.25, 0.3) is 0 Å². The van der Waals surface area contributed by atoms with Crippen molar-refractivity contribution in [3.8, 4) is 0 Å². The molecule has 0 saturated heterocycles. The predicted molar refractivity (Wildman–Crippen MR) is 66.2 cm³/mol. The van der Waals surface area contributed by atoms with Crippen molar-refractivity contribution in [2.75, 3.05) is 6.54 Å². The van der Waals surface area contributed by atoms with Gasteiger partial charge in [0.1, 0.15) is 4.60 Å². The average Bonchev–Trinajstić information content (AvgIpc) is 3.10. The van der Waals surface area contributed by atoms with Crippen LogP contribution in [0.15, 0.2) is 22.9 Å². The molecule has 3 nitrogen and oxygen atoms in total. The molecule has 1 heterocycles. The van der Waals surface area contributed by atoms with Crippen LogP contribution in [0.3, 0.4) is 0 Å². The molecule has 2 rings (SSSR count). The summed E-state index contributed by atoms with van der Waals surface area (Å²) in [4.78, 5) is 15.9. The van der Waals surface area contributed by atoms with Crippen molar-refractivity contribution in [1.29, 1.82) is 0 Å². The third-order valence-corrected chi connectivity index (χ3v) is 3.65. The third-order valence-electron chi connectivity index (χ3n) is 3.02. The summed E-state index contributed by atoms with van der Waals surface area (Å²) in [5.74, 6) is 1.35. The van der Waals surface area contributed by atoms with Gasteiger partial charge in [0.2, 0.25) is 0 Å². The molecule has 1 unspecified atom stereocenters. The summed E-state index contributed by atoms with van der Waals surface area (Å²) in [6.45, 7) is 2.95. The highest BCUT2D eigenvalue weighted by Gasteiger charge is 2.28. The lowest BCUT2D eigenvalue weighted by Crippen LogP contribution is -2.29. The first-order valence-electron chi connectivity index (χ1n) is 5.57. The highest BCUT2D eigenvalue weighted by atomic mass is 79.9. The van der Waals surface area contributed by atoms with Crippen molar-refractivity contribution >= 4 is 21.8 Å². The van der Waals surface area contributed by atoms with Crippen molar-refractivity contribution in [2.24, 2.45) is 11.8 Å². The van der Waals surface area contributed by atoms with Crippen LogP contribution in [0.1, 0.15) is 30.1 Å². The predicted octanol–water partition coefficient (Wildman–Crippen LogP) is 2.62. The number of halogens is 1. The van der Waals surface area contributed by atoms with Gasteiger partial charge in [-0.05, 0) is 52.7 Å². The number of amides is 1. The fourth-order valence-corrected chi connectivity index (χ4v) is 2.17. The van der Waals surface area contributed by atoms with Crippen LogP contribution in [-0.2, 0) is 0 Å². The number of pyridine rings is 1. The molecule has 1 aromatic rings. The SMILES string of the molecule is CC(CNC(=O)c1cccnc1Br)C1CC1. The Morgan fingerprint density at radius 3 is 3.06 bits per heavy atom. The van der Waals surface area contributed by atoms with Gasteiger partial charge in [0.25, 0.3) is 5.91 Å². The Kier molecular flexibility index (Phi) is 3.59. The molecule has 0 spiro atoms. The van der Waals surface area contributed by atoms with E-state index in [1.807, 2.05) is 0 Å². The van der Waals surface area contributed by atoms with Gasteiger partial charge >= 0.3 is 0 Å². The Morgan fingerprint density at radius 2 is 2.44 bits per heavy atom. The second-order valence-corrected chi connectivity index (χ2v) is 5.12. The molecule has 1 aromatic heterocycles. The van der Waals surface area contributed by atoms with Gasteiger partial charge in [-0.2, -0.15) is 0 Å². The number of aromatic nitrogens is 1. The highest BCUT2D eigenvalue weighted by Crippen LogP contribution is 2.36. The summed E-state index contributed by atoms with van der Waals surface area (Å²) in [7, 11) is 0. The van der Waals surface area contributed by atoms with E-state index in [0.717, 1.165) is 12.5 Å². The Morgan fingerprint density at radius 1 is 1.69 bits per heavy atom. The van der Waals surface area contributed by atoms with E-state index < -0.39 is 0 Å². The fourth-order valence-electron chi connectivity index (χ4n) is 1.74. The number of rotatable bonds is 4. The van der Waals surface area contributed by atoms with Crippen LogP contribution in [0.2, 0.25) is 0 Å². The van der Waals surface area contributed by atoms with E-state index in [-0.39, 0.29) is 5.91 Å². The first-order valence-corrected chi connectivity index (χ1v) is 6.36. The number of nitrogens with zero attached hydrogens (tertiary/aromatic N) is 1. The van der Waals surface area contributed by atoms with Crippen molar-refractivity contribution in [3.63, 3.8) is 0 Å². The molecule has 0 aromatic carbocycles. The molecule has 1 aliphatic rings. The maximum atomic E-state index is 11.8. The molecule has 0 bridgehead atoms. The number of carbonyl (C=O) groups excluding carboxylic acids is 1. The van der Waals surface area contributed by atoms with Crippen molar-refractivity contribution in [3.05, 3.63) is 28.5 Å². The Labute approximate surface area is 104 Å². The van der Waals surface area contributed by atoms with E-state index >= 15 is 0 Å². The maximum absolute atomic E-state index is 11.8. The van der Waals surface area contributed by atoms with E-state index in [4.69, 9.17) is 0 Å². The Balaban J connectivity index is 1.90. The fraction of sp³-hybridized carbons (Fsp3) is 0.500. The van der Waals surface area contributed by atoms with Crippen molar-refractivity contribution in [2.45, 2.75) is 19.8 Å². The van der Waals surface area contributed by atoms with Crippen LogP contribution < -0.4 is 5.32 Å². The minimum atomic E-state index is -0.0486. The lowest BCUT2D eigenvalue weighted by atomic mass is 10.1. The number of hydrogen-bond acceptors (Lipinski definition) is 2. The summed E-state index contributed by atoms with van der Waals surface area (Å²) in [5, 5.41) is 2.95. The lowest BCUT2D eigenvalue weighted by molar-refractivity contribution is 0.0945. The first kappa shape index (κ1) is 11.6. The van der Waals surface area contributed by atoms with Gasteiger partial charge in [-0.25, -0.2) is 4.98 Å². The van der Waals surface area contributed by atoms with Gasteiger partial charge < -0.3 is 5.32 Å². The molecular formula is C12H15BrN2O. The second-order valence-electron chi connectivity index (χ2n) is 4.37. The van der Waals surface area contributed by atoms with Gasteiger partial charge in [-0.1, -0.05) is 6.92 Å². The topological polar surface area (TPSA) is 42.0 Å². The first-order chi connectivity index (χ1) is 7.68. The average molecular weight is 283 g/mol. The Hall–Kier alpha value is -0.900. The molecule has 1 aliphatic carbocycles. The normalized spacial score (nSPS) is 16.9. The summed E-state index contributed by atoms with van der Waals surface area (Å²) in [5.41, 5.74) is 0.602. The smallest absolute Gasteiger partial charge is 0.254 e. The van der Waals surface area contributed by atoms with Crippen LogP contribution in [0.5, 0.6) is 0 Å². The van der Waals surface area contributed by atoms with Gasteiger partial charge in [-0.15, -0.1) is 0 Å². The number of carbonyl (C=O) groups is 1. The minimum absolute atomic E-state index is 0.0486. The molecule has 86 valence electrons. The monoisotopic (exact) mass is 282 g/mol. The highest BCUT2D eigenvalue weighted by molar-refractivity contribution is 9.10. The van der Waals surface area contributed by atoms with Crippen molar-refractivity contribution in [1.82, 2.24) is 10.3 Å². The third kappa shape index (κ3) is 2.82. The molecule has 1 amide bonds. The quantitative estimate of drug-likeness (QED) is 0.863. The number of hydrogen-bond donors (Lipinski definition) is 1. The largest absolute Gasteiger partial charge is 0.352 e. The van der Waals surface area contributed by atoms with Crippen LogP contribution in [-0.4, -0.2) is 17.4 Å². The number of nitrogens with one attached hydrogen (secondary N) is 1. The molecule has 0 radical (unpaired) electrons. The van der Waals surface area contributed by atoms with E-state index in [1.165, 1.54) is 12.8 Å². The molecule has 1 atom stereocenters. The van der Waals surface area contributed by atoms with Gasteiger partial charge in [0.15, 0.2) is 0 Å². The molecular weight excluding hydrogens is 268 g/mol. The van der Waals surface area contributed by atoms with E-state index in [2.05, 4.69) is 33.2 Å². The van der Waals surface area contributed by atoms with Crippen molar-refractivity contribution < 1.29 is 4.79 Å². The van der Waals surface area contributed by atoms with Gasteiger partial charge in [-0.3, -0.25) is 4.79 Å². The molecule has 1 saturated carbocycles. The second kappa shape index (κ2) is 4.95. The molecule has 4 heteroatoms. The standard InChI is InChI=1S/C12H15BrN2O/c1-8(9-4-5-9)7-15-12(16)10-3-2-6-14-11(10)13/h2-3,6,8-9H,4-5,7H2,1H3,(H,15,16). The molecule has 1 N–H and O–H groups in total. The maximum Gasteiger partial charge on any atom is 0.254 e. The zero-order valence-corrected chi connectivity index (χ0v) is 10.8. The zero-order chi connectivity index (χ0) is 11.5. The van der Waals surface area contributed by atoms with E-state index in [9.17, 15) is 4.79 Å². The zero-order valence-electron chi connectivity index (χ0n) is 9.24. The summed E-state index contributed by atoms with van der Waals surface area (Å²) in [6.07, 6.45) is 4.29. The summed E-state index contributed by atoms with van der Waals surface area (Å²) in [6, 6.07) is 3.54. The molecule has 0 aliphatic heterocycles. The summed E-state index contributed by atoms with van der Waals surface area (Å²) < 4.78 is 0.603.